The summed E-state index contributed by atoms with van der Waals surface area (Å²) in [6.07, 6.45) is -0.217. The van der Waals surface area contributed by atoms with Gasteiger partial charge in [-0.3, -0.25) is 19.0 Å². The Bertz CT molecular complexity index is 1260. The minimum absolute atomic E-state index is 0.0116. The first-order valence-corrected chi connectivity index (χ1v) is 11.9. The summed E-state index contributed by atoms with van der Waals surface area (Å²) in [5, 5.41) is 3.43. The number of esters is 3. The average Bonchev–Trinajstić information content (AvgIpc) is 3.43. The summed E-state index contributed by atoms with van der Waals surface area (Å²) < 4.78 is 23.8. The van der Waals surface area contributed by atoms with Gasteiger partial charge < -0.3 is 24.3 Å². The Hall–Kier alpha value is -4.06. The first-order chi connectivity index (χ1) is 17.8. The number of fused-ring (bicyclic) bond motifs is 1. The molecule has 12 nitrogen and oxygen atoms in total. The first kappa shape index (κ1) is 26.0. The third-order valence-corrected chi connectivity index (χ3v) is 5.89. The van der Waals surface area contributed by atoms with Crippen LogP contribution in [0.3, 0.4) is 0 Å². The third kappa shape index (κ3) is 5.85. The second kappa shape index (κ2) is 11.3. The Morgan fingerprint density at radius 3 is 2.35 bits per heavy atom. The molecule has 3 aromatic rings. The van der Waals surface area contributed by atoms with Gasteiger partial charge in [-0.2, -0.15) is 0 Å². The zero-order chi connectivity index (χ0) is 26.5. The van der Waals surface area contributed by atoms with E-state index < -0.39 is 42.4 Å². The van der Waals surface area contributed by atoms with Gasteiger partial charge in [-0.1, -0.05) is 37.3 Å². The van der Waals surface area contributed by atoms with Crippen LogP contribution in [0.15, 0.2) is 43.0 Å². The van der Waals surface area contributed by atoms with E-state index in [4.69, 9.17) is 18.9 Å². The molecule has 0 aliphatic carbocycles. The van der Waals surface area contributed by atoms with Crippen LogP contribution in [0.2, 0.25) is 0 Å². The number of hydrogen-bond donors (Lipinski definition) is 1. The molecule has 2 aromatic heterocycles. The maximum absolute atomic E-state index is 12.0. The van der Waals surface area contributed by atoms with E-state index in [1.54, 1.807) is 4.57 Å². The van der Waals surface area contributed by atoms with Crippen molar-refractivity contribution in [3.05, 3.63) is 48.5 Å². The van der Waals surface area contributed by atoms with E-state index in [0.29, 0.717) is 17.0 Å². The van der Waals surface area contributed by atoms with Crippen molar-refractivity contribution in [2.45, 2.75) is 64.7 Å². The number of carbonyl (C=O) groups is 3. The number of imidazole rings is 1. The Kier molecular flexibility index (Phi) is 7.97. The summed E-state index contributed by atoms with van der Waals surface area (Å²) in [6, 6.07) is 9.96. The number of nitrogens with zero attached hydrogens (tertiary/aromatic N) is 4. The van der Waals surface area contributed by atoms with E-state index >= 15 is 0 Å². The zero-order valence-corrected chi connectivity index (χ0v) is 21.0. The molecular weight excluding hydrogens is 482 g/mol. The van der Waals surface area contributed by atoms with Crippen molar-refractivity contribution in [3.63, 3.8) is 0 Å². The van der Waals surface area contributed by atoms with Crippen molar-refractivity contribution in [2.24, 2.45) is 0 Å². The molecule has 1 saturated heterocycles. The molecule has 1 fully saturated rings. The summed E-state index contributed by atoms with van der Waals surface area (Å²) in [6.45, 7) is 5.59. The molecule has 0 spiro atoms. The highest BCUT2D eigenvalue weighted by atomic mass is 16.7. The molecule has 4 rings (SSSR count). The number of anilines is 1. The minimum Gasteiger partial charge on any atom is -0.463 e. The fraction of sp³-hybridized carbons (Fsp3) is 0.440. The molecule has 3 heterocycles. The molecule has 1 N–H and O–H groups in total. The van der Waals surface area contributed by atoms with E-state index in [0.717, 1.165) is 12.0 Å². The second-order valence-electron chi connectivity index (χ2n) is 8.58. The van der Waals surface area contributed by atoms with E-state index in [-0.39, 0.29) is 12.6 Å². The molecule has 12 heteroatoms. The van der Waals surface area contributed by atoms with Gasteiger partial charge >= 0.3 is 17.9 Å². The highest BCUT2D eigenvalue weighted by molar-refractivity contribution is 5.83. The Labute approximate surface area is 213 Å². The summed E-state index contributed by atoms with van der Waals surface area (Å²) in [4.78, 5) is 48.5. The van der Waals surface area contributed by atoms with Gasteiger partial charge in [0.1, 0.15) is 19.0 Å². The molecule has 1 aliphatic rings. The van der Waals surface area contributed by atoms with Crippen LogP contribution < -0.4 is 5.32 Å². The number of hydrogen-bond acceptors (Lipinski definition) is 11. The van der Waals surface area contributed by atoms with E-state index in [1.807, 2.05) is 30.3 Å². The molecule has 0 saturated carbocycles. The molecule has 1 aliphatic heterocycles. The van der Waals surface area contributed by atoms with Crippen LogP contribution in [-0.4, -0.2) is 62.3 Å². The first-order valence-electron chi connectivity index (χ1n) is 11.9. The predicted molar refractivity (Wildman–Crippen MR) is 130 cm³/mol. The van der Waals surface area contributed by atoms with Crippen LogP contribution in [0.1, 0.15) is 51.9 Å². The van der Waals surface area contributed by atoms with E-state index in [9.17, 15) is 14.4 Å². The number of aromatic nitrogens is 4. The lowest BCUT2D eigenvalue weighted by molar-refractivity contribution is -0.166. The fourth-order valence-corrected chi connectivity index (χ4v) is 4.33. The lowest BCUT2D eigenvalue weighted by Crippen LogP contribution is -2.40. The van der Waals surface area contributed by atoms with Gasteiger partial charge in [-0.05, 0) is 12.0 Å². The standard InChI is InChI=1S/C25H29N5O7/c1-5-18(17-9-7-6-8-10-17)29-23-20-24(27-12-26-23)30(13-28-20)25-22(36-16(4)33)21(35-15(3)32)19(37-25)11-34-14(2)31/h6-10,12-13,18-19,21-22,25H,5,11H2,1-4H3,(H,26,27,29)/t18-,19+,21?,22?,25+/m0/s1. The Morgan fingerprint density at radius 1 is 1.00 bits per heavy atom. The van der Waals surface area contributed by atoms with Crippen molar-refractivity contribution in [3.8, 4) is 0 Å². The molecule has 0 bridgehead atoms. The molecule has 37 heavy (non-hydrogen) atoms. The molecule has 0 amide bonds. The van der Waals surface area contributed by atoms with Crippen LogP contribution in [0.4, 0.5) is 5.82 Å². The van der Waals surface area contributed by atoms with E-state index in [2.05, 4.69) is 27.2 Å². The lowest BCUT2D eigenvalue weighted by atomic mass is 10.0. The molecule has 196 valence electrons. The Balaban J connectivity index is 1.69. The van der Waals surface area contributed by atoms with Gasteiger partial charge in [0.15, 0.2) is 35.4 Å². The fourth-order valence-electron chi connectivity index (χ4n) is 4.33. The SMILES string of the molecule is CC[C@H](Nc1ncnc2c1ncn2[C@@H]1O[C@H](COC(C)=O)C(OC(C)=O)C1OC(C)=O)c1ccccc1. The maximum Gasteiger partial charge on any atom is 0.303 e. The number of ether oxygens (including phenoxy) is 4. The van der Waals surface area contributed by atoms with Gasteiger partial charge in [0.05, 0.1) is 12.4 Å². The quantitative estimate of drug-likeness (QED) is 0.334. The molecule has 0 radical (unpaired) electrons. The van der Waals surface area contributed by atoms with Crippen molar-refractivity contribution in [2.75, 3.05) is 11.9 Å². The number of rotatable bonds is 9. The second-order valence-corrected chi connectivity index (χ2v) is 8.58. The van der Waals surface area contributed by atoms with Gasteiger partial charge in [0.25, 0.3) is 0 Å². The minimum atomic E-state index is -1.04. The van der Waals surface area contributed by atoms with Crippen LogP contribution in [0, 0.1) is 0 Å². The highest BCUT2D eigenvalue weighted by Crippen LogP contribution is 2.36. The van der Waals surface area contributed by atoms with Crippen molar-refractivity contribution in [1.29, 1.82) is 0 Å². The van der Waals surface area contributed by atoms with Crippen molar-refractivity contribution < 1.29 is 33.3 Å². The summed E-state index contributed by atoms with van der Waals surface area (Å²) in [5.74, 6) is -1.21. The Morgan fingerprint density at radius 2 is 1.70 bits per heavy atom. The zero-order valence-electron chi connectivity index (χ0n) is 21.0. The molecule has 1 aromatic carbocycles. The highest BCUT2D eigenvalue weighted by Gasteiger charge is 2.51. The monoisotopic (exact) mass is 511 g/mol. The van der Waals surface area contributed by atoms with Crippen molar-refractivity contribution in [1.82, 2.24) is 19.5 Å². The summed E-state index contributed by atoms with van der Waals surface area (Å²) >= 11 is 0. The van der Waals surface area contributed by atoms with Crippen LogP contribution in [0.5, 0.6) is 0 Å². The van der Waals surface area contributed by atoms with Gasteiger partial charge in [-0.25, -0.2) is 15.0 Å². The number of benzene rings is 1. The average molecular weight is 512 g/mol. The van der Waals surface area contributed by atoms with Crippen LogP contribution in [-0.2, 0) is 33.3 Å². The van der Waals surface area contributed by atoms with Gasteiger partial charge in [0.2, 0.25) is 0 Å². The van der Waals surface area contributed by atoms with Gasteiger partial charge in [0, 0.05) is 20.8 Å². The lowest BCUT2D eigenvalue weighted by Gasteiger charge is -2.23. The third-order valence-electron chi connectivity index (χ3n) is 5.89. The maximum atomic E-state index is 12.0. The molecular formula is C25H29N5O7. The predicted octanol–water partition coefficient (Wildman–Crippen LogP) is 2.71. The normalized spacial score (nSPS) is 21.8. The smallest absolute Gasteiger partial charge is 0.303 e. The largest absolute Gasteiger partial charge is 0.463 e. The molecule has 5 atom stereocenters. The van der Waals surface area contributed by atoms with Crippen LogP contribution in [0.25, 0.3) is 11.2 Å². The molecule has 2 unspecified atom stereocenters. The van der Waals surface area contributed by atoms with Crippen molar-refractivity contribution >= 4 is 34.9 Å². The number of carbonyl (C=O) groups excluding carboxylic acids is 3. The summed E-state index contributed by atoms with van der Waals surface area (Å²) in [5.41, 5.74) is 1.99. The van der Waals surface area contributed by atoms with Gasteiger partial charge in [-0.15, -0.1) is 0 Å². The summed E-state index contributed by atoms with van der Waals surface area (Å²) in [7, 11) is 0. The van der Waals surface area contributed by atoms with E-state index in [1.165, 1.54) is 33.4 Å². The van der Waals surface area contributed by atoms with Crippen LogP contribution >= 0.6 is 0 Å². The topological polar surface area (TPSA) is 144 Å². The number of nitrogens with one attached hydrogen (secondary N) is 1.